The van der Waals surface area contributed by atoms with Crippen molar-refractivity contribution in [1.82, 2.24) is 9.55 Å². The van der Waals surface area contributed by atoms with Gasteiger partial charge in [0, 0.05) is 24.3 Å². The lowest BCUT2D eigenvalue weighted by atomic mass is 10.1. The first-order valence-corrected chi connectivity index (χ1v) is 9.58. The summed E-state index contributed by atoms with van der Waals surface area (Å²) in [4.78, 5) is 17.9. The molecule has 1 aromatic heterocycles. The van der Waals surface area contributed by atoms with Crippen LogP contribution in [0.4, 0.5) is 5.69 Å². The maximum atomic E-state index is 13.1. The number of benzene rings is 3. The van der Waals surface area contributed by atoms with Gasteiger partial charge in [-0.1, -0.05) is 60.2 Å². The molecule has 1 heterocycles. The van der Waals surface area contributed by atoms with Gasteiger partial charge in [0.05, 0.1) is 10.9 Å². The van der Waals surface area contributed by atoms with E-state index in [0.717, 1.165) is 35.6 Å². The third-order valence-electron chi connectivity index (χ3n) is 4.83. The van der Waals surface area contributed by atoms with Crippen molar-refractivity contribution in [3.63, 3.8) is 0 Å². The molecule has 4 aromatic rings. The fourth-order valence-electron chi connectivity index (χ4n) is 3.32. The molecular weight excluding hydrogens is 346 g/mol. The van der Waals surface area contributed by atoms with Crippen LogP contribution in [0.15, 0.2) is 83.7 Å². The van der Waals surface area contributed by atoms with E-state index in [9.17, 15) is 4.79 Å². The normalized spacial score (nSPS) is 10.9. The summed E-state index contributed by atoms with van der Waals surface area (Å²) >= 11 is 0. The van der Waals surface area contributed by atoms with E-state index in [1.54, 1.807) is 4.57 Å². The van der Waals surface area contributed by atoms with E-state index in [-0.39, 0.29) is 5.56 Å². The van der Waals surface area contributed by atoms with Crippen molar-refractivity contribution < 1.29 is 0 Å². The Balaban J connectivity index is 1.60. The number of aromatic nitrogens is 2. The van der Waals surface area contributed by atoms with E-state index in [2.05, 4.69) is 36.5 Å². The van der Waals surface area contributed by atoms with Crippen LogP contribution in [0.25, 0.3) is 22.3 Å². The molecule has 0 saturated carbocycles. The first-order valence-electron chi connectivity index (χ1n) is 9.58. The number of fused-ring (bicyclic) bond motifs is 1. The highest BCUT2D eigenvalue weighted by molar-refractivity contribution is 5.79. The third kappa shape index (κ3) is 3.81. The summed E-state index contributed by atoms with van der Waals surface area (Å²) in [7, 11) is 0. The summed E-state index contributed by atoms with van der Waals surface area (Å²) in [5.74, 6) is 0.722. The lowest BCUT2D eigenvalue weighted by molar-refractivity contribution is 0.641. The van der Waals surface area contributed by atoms with Gasteiger partial charge < -0.3 is 5.32 Å². The van der Waals surface area contributed by atoms with Gasteiger partial charge in [-0.05, 0) is 37.6 Å². The van der Waals surface area contributed by atoms with E-state index in [1.807, 2.05) is 54.6 Å². The second kappa shape index (κ2) is 8.09. The molecule has 4 heteroatoms. The van der Waals surface area contributed by atoms with Crippen molar-refractivity contribution in [2.45, 2.75) is 19.9 Å². The van der Waals surface area contributed by atoms with Gasteiger partial charge in [-0.25, -0.2) is 4.98 Å². The largest absolute Gasteiger partial charge is 0.385 e. The number of para-hydroxylation sites is 1. The molecule has 0 radical (unpaired) electrons. The molecule has 140 valence electrons. The van der Waals surface area contributed by atoms with Gasteiger partial charge in [-0.15, -0.1) is 0 Å². The molecule has 0 unspecified atom stereocenters. The fourth-order valence-corrected chi connectivity index (χ4v) is 3.32. The quantitative estimate of drug-likeness (QED) is 0.493. The van der Waals surface area contributed by atoms with E-state index < -0.39 is 0 Å². The molecule has 0 aliphatic rings. The third-order valence-corrected chi connectivity index (χ3v) is 4.83. The minimum Gasteiger partial charge on any atom is -0.385 e. The van der Waals surface area contributed by atoms with Crippen LogP contribution in [0.2, 0.25) is 0 Å². The lowest BCUT2D eigenvalue weighted by Gasteiger charge is -2.14. The molecule has 3 aromatic carbocycles. The number of hydrogen-bond donors (Lipinski definition) is 1. The molecule has 28 heavy (non-hydrogen) atoms. The molecule has 0 atom stereocenters. The Kier molecular flexibility index (Phi) is 5.20. The number of nitrogens with one attached hydrogen (secondary N) is 1. The number of hydrogen-bond acceptors (Lipinski definition) is 3. The maximum Gasteiger partial charge on any atom is 0.261 e. The van der Waals surface area contributed by atoms with Crippen LogP contribution in [0.5, 0.6) is 0 Å². The second-order valence-electron chi connectivity index (χ2n) is 6.92. The Labute approximate surface area is 164 Å². The van der Waals surface area contributed by atoms with Crippen LogP contribution in [-0.4, -0.2) is 16.1 Å². The van der Waals surface area contributed by atoms with Gasteiger partial charge in [0.2, 0.25) is 0 Å². The summed E-state index contributed by atoms with van der Waals surface area (Å²) < 4.78 is 1.80. The Bertz CT molecular complexity index is 1130. The summed E-state index contributed by atoms with van der Waals surface area (Å²) in [6.07, 6.45) is 0.827. The number of nitrogens with zero attached hydrogens (tertiary/aromatic N) is 2. The Morgan fingerprint density at radius 3 is 2.39 bits per heavy atom. The van der Waals surface area contributed by atoms with Crippen molar-refractivity contribution in [2.24, 2.45) is 0 Å². The molecule has 1 N–H and O–H groups in total. The van der Waals surface area contributed by atoms with Gasteiger partial charge in [-0.2, -0.15) is 0 Å². The van der Waals surface area contributed by atoms with E-state index in [4.69, 9.17) is 4.98 Å². The Morgan fingerprint density at radius 2 is 1.61 bits per heavy atom. The van der Waals surface area contributed by atoms with Crippen molar-refractivity contribution in [3.8, 4) is 11.4 Å². The highest BCUT2D eigenvalue weighted by Crippen LogP contribution is 2.19. The van der Waals surface area contributed by atoms with Crippen molar-refractivity contribution >= 4 is 16.6 Å². The van der Waals surface area contributed by atoms with Crippen LogP contribution >= 0.6 is 0 Å². The SMILES string of the molecule is Cc1ccc(NCCCn2c(-c3ccccc3)nc3ccccc3c2=O)cc1. The lowest BCUT2D eigenvalue weighted by Crippen LogP contribution is -2.24. The summed E-state index contributed by atoms with van der Waals surface area (Å²) in [5, 5.41) is 4.08. The van der Waals surface area contributed by atoms with Crippen molar-refractivity contribution in [2.75, 3.05) is 11.9 Å². The molecule has 0 bridgehead atoms. The van der Waals surface area contributed by atoms with Gasteiger partial charge in [0.15, 0.2) is 0 Å². The Morgan fingerprint density at radius 1 is 0.893 bits per heavy atom. The van der Waals surface area contributed by atoms with Gasteiger partial charge >= 0.3 is 0 Å². The monoisotopic (exact) mass is 369 g/mol. The average Bonchev–Trinajstić information content (AvgIpc) is 2.74. The highest BCUT2D eigenvalue weighted by atomic mass is 16.1. The predicted molar refractivity (Wildman–Crippen MR) is 116 cm³/mol. The maximum absolute atomic E-state index is 13.1. The van der Waals surface area contributed by atoms with Crippen LogP contribution < -0.4 is 10.9 Å². The van der Waals surface area contributed by atoms with Crippen molar-refractivity contribution in [1.29, 1.82) is 0 Å². The topological polar surface area (TPSA) is 46.9 Å². The van der Waals surface area contributed by atoms with E-state index in [1.165, 1.54) is 5.56 Å². The van der Waals surface area contributed by atoms with Crippen LogP contribution in [0, 0.1) is 6.92 Å². The van der Waals surface area contributed by atoms with E-state index >= 15 is 0 Å². The molecule has 0 aliphatic carbocycles. The zero-order chi connectivity index (χ0) is 19.3. The predicted octanol–water partition coefficient (Wildman–Crippen LogP) is 4.87. The molecule has 0 spiro atoms. The summed E-state index contributed by atoms with van der Waals surface area (Å²) in [6, 6.07) is 25.8. The zero-order valence-electron chi connectivity index (χ0n) is 15.9. The number of anilines is 1. The summed E-state index contributed by atoms with van der Waals surface area (Å²) in [5.41, 5.74) is 4.04. The zero-order valence-corrected chi connectivity index (χ0v) is 15.9. The average molecular weight is 369 g/mol. The van der Waals surface area contributed by atoms with Crippen LogP contribution in [0.1, 0.15) is 12.0 Å². The molecule has 0 aliphatic heterocycles. The smallest absolute Gasteiger partial charge is 0.261 e. The molecule has 0 saturated heterocycles. The molecule has 0 amide bonds. The molecule has 4 rings (SSSR count). The number of rotatable bonds is 6. The second-order valence-corrected chi connectivity index (χ2v) is 6.92. The standard InChI is InChI=1S/C24H23N3O/c1-18-12-14-20(15-13-18)25-16-7-17-27-23(19-8-3-2-4-9-19)26-22-11-6-5-10-21(22)24(27)28/h2-6,8-15,25H,7,16-17H2,1H3. The Hall–Kier alpha value is -3.40. The fraction of sp³-hybridized carbons (Fsp3) is 0.167. The molecule has 0 fully saturated rings. The van der Waals surface area contributed by atoms with E-state index in [0.29, 0.717) is 11.9 Å². The van der Waals surface area contributed by atoms with Gasteiger partial charge in [0.25, 0.3) is 5.56 Å². The first-order chi connectivity index (χ1) is 13.7. The molecular formula is C24H23N3O. The minimum absolute atomic E-state index is 0.0137. The van der Waals surface area contributed by atoms with Gasteiger partial charge in [-0.3, -0.25) is 9.36 Å². The highest BCUT2D eigenvalue weighted by Gasteiger charge is 2.12. The van der Waals surface area contributed by atoms with Crippen LogP contribution in [0.3, 0.4) is 0 Å². The minimum atomic E-state index is 0.0137. The van der Waals surface area contributed by atoms with Crippen LogP contribution in [-0.2, 0) is 6.54 Å². The molecule has 4 nitrogen and oxygen atoms in total. The number of aryl methyl sites for hydroxylation is 1. The summed E-state index contributed by atoms with van der Waals surface area (Å²) in [6.45, 7) is 3.48. The first kappa shape index (κ1) is 18.0. The van der Waals surface area contributed by atoms with Crippen molar-refractivity contribution in [3.05, 3.63) is 94.8 Å². The van der Waals surface area contributed by atoms with Gasteiger partial charge in [0.1, 0.15) is 5.82 Å².